The Bertz CT molecular complexity index is 417. The molecule has 0 aliphatic heterocycles. The minimum atomic E-state index is -0.941. The largest absolute Gasteiger partial charge is 0.478 e. The van der Waals surface area contributed by atoms with Crippen LogP contribution >= 0.6 is 15.9 Å². The third-order valence-electron chi connectivity index (χ3n) is 3.03. The van der Waals surface area contributed by atoms with Crippen LogP contribution in [-0.2, 0) is 0 Å². The van der Waals surface area contributed by atoms with Crippen molar-refractivity contribution >= 4 is 27.6 Å². The van der Waals surface area contributed by atoms with E-state index in [0.29, 0.717) is 18.2 Å². The van der Waals surface area contributed by atoms with Gasteiger partial charge in [0.05, 0.1) is 5.56 Å². The van der Waals surface area contributed by atoms with Crippen LogP contribution in [0.3, 0.4) is 0 Å². The quantitative estimate of drug-likeness (QED) is 0.684. The molecule has 0 bridgehead atoms. The SMILES string of the molecule is CCCC(CCO)CNc1cc(Br)ccc1C(=O)O. The van der Waals surface area contributed by atoms with Gasteiger partial charge in [0.1, 0.15) is 0 Å². The summed E-state index contributed by atoms with van der Waals surface area (Å²) in [6.45, 7) is 2.94. The first-order valence-corrected chi connectivity index (χ1v) is 7.25. The van der Waals surface area contributed by atoms with Crippen molar-refractivity contribution in [1.29, 1.82) is 0 Å². The summed E-state index contributed by atoms with van der Waals surface area (Å²) in [6, 6.07) is 5.06. The molecule has 1 aromatic carbocycles. The van der Waals surface area contributed by atoms with Gasteiger partial charge in [-0.05, 0) is 37.0 Å². The molecule has 0 aromatic heterocycles. The number of carboxylic acids is 1. The molecular weight excluding hydrogens is 310 g/mol. The second kappa shape index (κ2) is 8.17. The van der Waals surface area contributed by atoms with Crippen molar-refractivity contribution in [3.05, 3.63) is 28.2 Å². The van der Waals surface area contributed by atoms with E-state index in [1.165, 1.54) is 0 Å². The molecule has 19 heavy (non-hydrogen) atoms. The summed E-state index contributed by atoms with van der Waals surface area (Å²) in [5, 5.41) is 21.3. The van der Waals surface area contributed by atoms with E-state index in [1.54, 1.807) is 18.2 Å². The Balaban J connectivity index is 2.74. The molecule has 0 fully saturated rings. The molecule has 3 N–H and O–H groups in total. The molecule has 1 aromatic rings. The van der Waals surface area contributed by atoms with E-state index in [-0.39, 0.29) is 12.2 Å². The molecule has 1 unspecified atom stereocenters. The Morgan fingerprint density at radius 1 is 1.42 bits per heavy atom. The van der Waals surface area contributed by atoms with Gasteiger partial charge in [-0.1, -0.05) is 29.3 Å². The highest BCUT2D eigenvalue weighted by atomic mass is 79.9. The van der Waals surface area contributed by atoms with Crippen molar-refractivity contribution in [2.45, 2.75) is 26.2 Å². The third kappa shape index (κ3) is 5.20. The zero-order valence-corrected chi connectivity index (χ0v) is 12.6. The highest BCUT2D eigenvalue weighted by Crippen LogP contribution is 2.22. The summed E-state index contributed by atoms with van der Waals surface area (Å²) in [5.41, 5.74) is 0.878. The Hall–Kier alpha value is -1.07. The van der Waals surface area contributed by atoms with Crippen molar-refractivity contribution in [3.63, 3.8) is 0 Å². The van der Waals surface area contributed by atoms with Crippen LogP contribution in [0.15, 0.2) is 22.7 Å². The van der Waals surface area contributed by atoms with E-state index in [2.05, 4.69) is 28.2 Å². The number of aromatic carboxylic acids is 1. The molecule has 0 aliphatic rings. The maximum absolute atomic E-state index is 11.1. The van der Waals surface area contributed by atoms with E-state index in [1.807, 2.05) is 0 Å². The first-order chi connectivity index (χ1) is 9.08. The number of aliphatic hydroxyl groups is 1. The number of hydrogen-bond acceptors (Lipinski definition) is 3. The Kier molecular flexibility index (Phi) is 6.87. The van der Waals surface area contributed by atoms with Crippen LogP contribution in [0.4, 0.5) is 5.69 Å². The summed E-state index contributed by atoms with van der Waals surface area (Å²) < 4.78 is 0.842. The lowest BCUT2D eigenvalue weighted by Gasteiger charge is -2.17. The number of aliphatic hydroxyl groups excluding tert-OH is 1. The van der Waals surface area contributed by atoms with Gasteiger partial charge >= 0.3 is 5.97 Å². The van der Waals surface area contributed by atoms with Gasteiger partial charge in [-0.15, -0.1) is 0 Å². The fourth-order valence-corrected chi connectivity index (χ4v) is 2.40. The summed E-state index contributed by atoms with van der Waals surface area (Å²) in [7, 11) is 0. The van der Waals surface area contributed by atoms with Crippen molar-refractivity contribution < 1.29 is 15.0 Å². The maximum Gasteiger partial charge on any atom is 0.337 e. The van der Waals surface area contributed by atoms with Crippen molar-refractivity contribution in [1.82, 2.24) is 0 Å². The average molecular weight is 330 g/mol. The van der Waals surface area contributed by atoms with Crippen LogP contribution in [0.5, 0.6) is 0 Å². The topological polar surface area (TPSA) is 69.6 Å². The number of hydrogen-bond donors (Lipinski definition) is 3. The summed E-state index contributed by atoms with van der Waals surface area (Å²) in [4.78, 5) is 11.1. The Morgan fingerprint density at radius 2 is 2.16 bits per heavy atom. The summed E-state index contributed by atoms with van der Waals surface area (Å²) >= 11 is 3.34. The van der Waals surface area contributed by atoms with Gasteiger partial charge in [0, 0.05) is 23.3 Å². The number of carbonyl (C=O) groups is 1. The van der Waals surface area contributed by atoms with Crippen LogP contribution in [0.1, 0.15) is 36.5 Å². The van der Waals surface area contributed by atoms with Gasteiger partial charge < -0.3 is 15.5 Å². The zero-order chi connectivity index (χ0) is 14.3. The standard InChI is InChI=1S/C14H20BrNO3/c1-2-3-10(6-7-17)9-16-13-8-11(15)4-5-12(13)14(18)19/h4-5,8,10,16-17H,2-3,6-7,9H2,1H3,(H,18,19). The van der Waals surface area contributed by atoms with Crippen molar-refractivity contribution in [3.8, 4) is 0 Å². The van der Waals surface area contributed by atoms with Crippen LogP contribution in [0, 0.1) is 5.92 Å². The van der Waals surface area contributed by atoms with Gasteiger partial charge in [0.2, 0.25) is 0 Å². The molecule has 1 rings (SSSR count). The third-order valence-corrected chi connectivity index (χ3v) is 3.52. The second-order valence-electron chi connectivity index (χ2n) is 4.54. The molecule has 106 valence electrons. The van der Waals surface area contributed by atoms with E-state index in [0.717, 1.165) is 23.7 Å². The van der Waals surface area contributed by atoms with Gasteiger partial charge in [-0.25, -0.2) is 4.79 Å². The normalized spacial score (nSPS) is 12.2. The number of nitrogens with one attached hydrogen (secondary N) is 1. The molecule has 0 spiro atoms. The van der Waals surface area contributed by atoms with Crippen molar-refractivity contribution in [2.24, 2.45) is 5.92 Å². The van der Waals surface area contributed by atoms with Crippen LogP contribution < -0.4 is 5.32 Å². The van der Waals surface area contributed by atoms with E-state index < -0.39 is 5.97 Å². The van der Waals surface area contributed by atoms with Crippen LogP contribution in [0.2, 0.25) is 0 Å². The Morgan fingerprint density at radius 3 is 2.74 bits per heavy atom. The molecule has 0 radical (unpaired) electrons. The molecule has 0 heterocycles. The van der Waals surface area contributed by atoms with E-state index in [9.17, 15) is 4.79 Å². The minimum Gasteiger partial charge on any atom is -0.478 e. The number of carboxylic acid groups (broad SMARTS) is 1. The van der Waals surface area contributed by atoms with Gasteiger partial charge in [0.25, 0.3) is 0 Å². The predicted molar refractivity (Wildman–Crippen MR) is 79.7 cm³/mol. The number of benzene rings is 1. The molecule has 0 saturated carbocycles. The number of anilines is 1. The molecular formula is C14H20BrNO3. The second-order valence-corrected chi connectivity index (χ2v) is 5.46. The van der Waals surface area contributed by atoms with Gasteiger partial charge in [0.15, 0.2) is 0 Å². The lowest BCUT2D eigenvalue weighted by atomic mass is 10.00. The first kappa shape index (κ1) is 16.0. The van der Waals surface area contributed by atoms with E-state index >= 15 is 0 Å². The lowest BCUT2D eigenvalue weighted by molar-refractivity contribution is 0.0698. The maximum atomic E-state index is 11.1. The van der Waals surface area contributed by atoms with Gasteiger partial charge in [-0.2, -0.15) is 0 Å². The number of halogens is 1. The summed E-state index contributed by atoms with van der Waals surface area (Å²) in [5.74, 6) is -0.583. The highest BCUT2D eigenvalue weighted by Gasteiger charge is 2.12. The molecule has 0 aliphatic carbocycles. The van der Waals surface area contributed by atoms with Crippen LogP contribution in [0.25, 0.3) is 0 Å². The molecule has 0 saturated heterocycles. The van der Waals surface area contributed by atoms with Crippen molar-refractivity contribution in [2.75, 3.05) is 18.5 Å². The molecule has 5 heteroatoms. The Labute approximate surface area is 122 Å². The average Bonchev–Trinajstić information content (AvgIpc) is 2.36. The molecule has 0 amide bonds. The monoisotopic (exact) mass is 329 g/mol. The molecule has 1 atom stereocenters. The highest BCUT2D eigenvalue weighted by molar-refractivity contribution is 9.10. The molecule has 4 nitrogen and oxygen atoms in total. The zero-order valence-electron chi connectivity index (χ0n) is 11.0. The fraction of sp³-hybridized carbons (Fsp3) is 0.500. The summed E-state index contributed by atoms with van der Waals surface area (Å²) in [6.07, 6.45) is 2.80. The lowest BCUT2D eigenvalue weighted by Crippen LogP contribution is -2.17. The van der Waals surface area contributed by atoms with Gasteiger partial charge in [-0.3, -0.25) is 0 Å². The predicted octanol–water partition coefficient (Wildman–Crippen LogP) is 3.36. The smallest absolute Gasteiger partial charge is 0.337 e. The number of rotatable bonds is 8. The van der Waals surface area contributed by atoms with E-state index in [4.69, 9.17) is 10.2 Å². The fourth-order valence-electron chi connectivity index (χ4n) is 2.04. The minimum absolute atomic E-state index is 0.163. The first-order valence-electron chi connectivity index (χ1n) is 6.46. The van der Waals surface area contributed by atoms with Crippen LogP contribution in [-0.4, -0.2) is 29.3 Å².